The molecule has 1 saturated heterocycles. The van der Waals surface area contributed by atoms with Crippen molar-refractivity contribution in [1.29, 1.82) is 0 Å². The van der Waals surface area contributed by atoms with Crippen molar-refractivity contribution < 1.29 is 18.3 Å². The van der Waals surface area contributed by atoms with Gasteiger partial charge >= 0.3 is 0 Å². The topological polar surface area (TPSA) is 78.9 Å². The summed E-state index contributed by atoms with van der Waals surface area (Å²) in [5.74, 6) is 0.306. The molecular weight excluding hydrogens is 375 g/mol. The highest BCUT2D eigenvalue weighted by Crippen LogP contribution is 2.37. The Hall–Kier alpha value is -0.570. The monoisotopic (exact) mass is 396 g/mol. The van der Waals surface area contributed by atoms with Crippen LogP contribution in [0.3, 0.4) is 0 Å². The van der Waals surface area contributed by atoms with E-state index in [0.717, 1.165) is 25.9 Å². The highest BCUT2D eigenvalue weighted by molar-refractivity contribution is 7.89. The second-order valence-corrected chi connectivity index (χ2v) is 8.30. The first-order valence-electron chi connectivity index (χ1n) is 7.74. The van der Waals surface area contributed by atoms with Gasteiger partial charge in [0.15, 0.2) is 5.75 Å². The molecular formula is C15H22Cl2N2O4S. The quantitative estimate of drug-likeness (QED) is 0.736. The Morgan fingerprint density at radius 3 is 2.83 bits per heavy atom. The second kappa shape index (κ2) is 8.69. The predicted octanol–water partition coefficient (Wildman–Crippen LogP) is 1.98. The van der Waals surface area contributed by atoms with E-state index in [1.165, 1.54) is 19.2 Å². The number of sulfonamides is 1. The van der Waals surface area contributed by atoms with E-state index < -0.39 is 10.0 Å². The van der Waals surface area contributed by atoms with E-state index in [-0.39, 0.29) is 39.8 Å². The van der Waals surface area contributed by atoms with Gasteiger partial charge in [-0.05, 0) is 37.4 Å². The van der Waals surface area contributed by atoms with E-state index in [2.05, 4.69) is 9.62 Å². The van der Waals surface area contributed by atoms with Crippen LogP contribution in [0.1, 0.15) is 12.8 Å². The standard InChI is InChI=1S/C15H22Cl2N2O4S/c1-23-15-13(5-4-12(16)14(15)17)24(21,22)18-6-8-19-7-2-3-11(9-19)10-20/h4-5,11,18,20H,2-3,6-10H2,1H3. The summed E-state index contributed by atoms with van der Waals surface area (Å²) >= 11 is 11.9. The lowest BCUT2D eigenvalue weighted by Crippen LogP contribution is -2.41. The number of benzene rings is 1. The number of rotatable bonds is 7. The fraction of sp³-hybridized carbons (Fsp3) is 0.600. The molecule has 2 rings (SSSR count). The average Bonchev–Trinajstić information content (AvgIpc) is 2.57. The summed E-state index contributed by atoms with van der Waals surface area (Å²) in [5, 5.41) is 9.55. The van der Waals surface area contributed by atoms with Crippen molar-refractivity contribution in [1.82, 2.24) is 9.62 Å². The third-order valence-corrected chi connectivity index (χ3v) is 6.36. The van der Waals surface area contributed by atoms with Crippen LogP contribution in [0.5, 0.6) is 5.75 Å². The Morgan fingerprint density at radius 1 is 1.42 bits per heavy atom. The Balaban J connectivity index is 2.00. The van der Waals surface area contributed by atoms with Gasteiger partial charge in [-0.25, -0.2) is 13.1 Å². The van der Waals surface area contributed by atoms with Crippen LogP contribution in [0.25, 0.3) is 0 Å². The van der Waals surface area contributed by atoms with Crippen LogP contribution in [0.15, 0.2) is 17.0 Å². The van der Waals surface area contributed by atoms with Crippen LogP contribution in [0.4, 0.5) is 0 Å². The smallest absolute Gasteiger partial charge is 0.244 e. The first-order valence-corrected chi connectivity index (χ1v) is 9.97. The molecule has 1 unspecified atom stereocenters. The van der Waals surface area contributed by atoms with Crippen LogP contribution in [-0.4, -0.2) is 58.3 Å². The molecule has 136 valence electrons. The summed E-state index contributed by atoms with van der Waals surface area (Å²) in [6.45, 7) is 2.72. The van der Waals surface area contributed by atoms with Gasteiger partial charge in [0.05, 0.1) is 12.1 Å². The van der Waals surface area contributed by atoms with Gasteiger partial charge < -0.3 is 14.7 Å². The van der Waals surface area contributed by atoms with Gasteiger partial charge in [-0.15, -0.1) is 0 Å². The first kappa shape index (κ1) is 19.8. The number of hydrogen-bond acceptors (Lipinski definition) is 5. The van der Waals surface area contributed by atoms with Crippen molar-refractivity contribution in [3.63, 3.8) is 0 Å². The van der Waals surface area contributed by atoms with Crippen molar-refractivity contribution in [3.05, 3.63) is 22.2 Å². The van der Waals surface area contributed by atoms with Crippen molar-refractivity contribution in [2.24, 2.45) is 5.92 Å². The highest BCUT2D eigenvalue weighted by atomic mass is 35.5. The van der Waals surface area contributed by atoms with Crippen LogP contribution in [0, 0.1) is 5.92 Å². The molecule has 1 aromatic rings. The van der Waals surface area contributed by atoms with E-state index in [0.29, 0.717) is 6.54 Å². The van der Waals surface area contributed by atoms with E-state index >= 15 is 0 Å². The second-order valence-electron chi connectivity index (χ2n) is 5.78. The number of methoxy groups -OCH3 is 1. The maximum absolute atomic E-state index is 12.5. The lowest BCUT2D eigenvalue weighted by atomic mass is 9.99. The van der Waals surface area contributed by atoms with Crippen LogP contribution in [0.2, 0.25) is 10.0 Å². The zero-order valence-electron chi connectivity index (χ0n) is 13.5. The van der Waals surface area contributed by atoms with Gasteiger partial charge in [-0.3, -0.25) is 0 Å². The minimum absolute atomic E-state index is 0.0359. The number of nitrogens with one attached hydrogen (secondary N) is 1. The Morgan fingerprint density at radius 2 is 2.17 bits per heavy atom. The summed E-state index contributed by atoms with van der Waals surface area (Å²) in [5.41, 5.74) is 0. The summed E-state index contributed by atoms with van der Waals surface area (Å²) < 4.78 is 32.6. The molecule has 0 aliphatic carbocycles. The van der Waals surface area contributed by atoms with Gasteiger partial charge in [0.1, 0.15) is 9.92 Å². The van der Waals surface area contributed by atoms with Crippen LogP contribution >= 0.6 is 23.2 Å². The van der Waals surface area contributed by atoms with Gasteiger partial charge in [-0.1, -0.05) is 23.2 Å². The summed E-state index contributed by atoms with van der Waals surface area (Å²) in [6.07, 6.45) is 2.03. The molecule has 0 spiro atoms. The third-order valence-electron chi connectivity index (χ3n) is 4.09. The number of halogens is 2. The average molecular weight is 397 g/mol. The molecule has 6 nitrogen and oxygen atoms in total. The van der Waals surface area contributed by atoms with Crippen molar-refractivity contribution >= 4 is 33.2 Å². The molecule has 1 aliphatic rings. The Labute approximate surface area is 152 Å². The maximum Gasteiger partial charge on any atom is 0.244 e. The molecule has 0 saturated carbocycles. The SMILES string of the molecule is COc1c(S(=O)(=O)NCCN2CCCC(CO)C2)ccc(Cl)c1Cl. The summed E-state index contributed by atoms with van der Waals surface area (Å²) in [4.78, 5) is 2.12. The Kier molecular flexibility index (Phi) is 7.15. The fourth-order valence-electron chi connectivity index (χ4n) is 2.84. The molecule has 0 amide bonds. The molecule has 1 aromatic carbocycles. The summed E-state index contributed by atoms with van der Waals surface area (Å²) in [7, 11) is -2.41. The van der Waals surface area contributed by atoms with Crippen LogP contribution < -0.4 is 9.46 Å². The fourth-order valence-corrected chi connectivity index (χ4v) is 4.47. The number of aliphatic hydroxyl groups is 1. The van der Waals surface area contributed by atoms with Gasteiger partial charge in [-0.2, -0.15) is 0 Å². The van der Waals surface area contributed by atoms with Gasteiger partial charge in [0.25, 0.3) is 0 Å². The van der Waals surface area contributed by atoms with E-state index in [1.807, 2.05) is 0 Å². The molecule has 1 aliphatic heterocycles. The molecule has 1 atom stereocenters. The van der Waals surface area contributed by atoms with E-state index in [4.69, 9.17) is 27.9 Å². The number of nitrogens with zero attached hydrogens (tertiary/aromatic N) is 1. The van der Waals surface area contributed by atoms with Crippen LogP contribution in [-0.2, 0) is 10.0 Å². The number of piperidine rings is 1. The minimum Gasteiger partial charge on any atom is -0.494 e. The molecule has 1 heterocycles. The van der Waals surface area contributed by atoms with Gasteiger partial charge in [0, 0.05) is 26.2 Å². The minimum atomic E-state index is -3.76. The number of hydrogen-bond donors (Lipinski definition) is 2. The molecule has 0 aromatic heterocycles. The largest absolute Gasteiger partial charge is 0.494 e. The number of ether oxygens (including phenoxy) is 1. The zero-order chi connectivity index (χ0) is 17.7. The lowest BCUT2D eigenvalue weighted by molar-refractivity contribution is 0.122. The third kappa shape index (κ3) is 4.74. The normalized spacial score (nSPS) is 19.4. The van der Waals surface area contributed by atoms with Gasteiger partial charge in [0.2, 0.25) is 10.0 Å². The zero-order valence-corrected chi connectivity index (χ0v) is 15.8. The highest BCUT2D eigenvalue weighted by Gasteiger charge is 2.24. The molecule has 0 radical (unpaired) electrons. The maximum atomic E-state index is 12.5. The predicted molar refractivity (Wildman–Crippen MR) is 94.5 cm³/mol. The Bertz CT molecular complexity index is 670. The van der Waals surface area contributed by atoms with Crippen molar-refractivity contribution in [3.8, 4) is 5.75 Å². The first-order chi connectivity index (χ1) is 11.4. The molecule has 0 bridgehead atoms. The molecule has 1 fully saturated rings. The van der Waals surface area contributed by atoms with Crippen molar-refractivity contribution in [2.45, 2.75) is 17.7 Å². The molecule has 2 N–H and O–H groups in total. The lowest BCUT2D eigenvalue weighted by Gasteiger charge is -2.31. The van der Waals surface area contributed by atoms with E-state index in [9.17, 15) is 13.5 Å². The summed E-state index contributed by atoms with van der Waals surface area (Å²) in [6, 6.07) is 2.80. The van der Waals surface area contributed by atoms with Crippen molar-refractivity contribution in [2.75, 3.05) is 39.9 Å². The number of aliphatic hydroxyl groups excluding tert-OH is 1. The molecule has 9 heteroatoms. The molecule has 24 heavy (non-hydrogen) atoms. The number of likely N-dealkylation sites (tertiary alicyclic amines) is 1. The van der Waals surface area contributed by atoms with E-state index in [1.54, 1.807) is 0 Å².